The predicted molar refractivity (Wildman–Crippen MR) is 117 cm³/mol. The fraction of sp³-hybridized carbons (Fsp3) is 0.318. The number of phenolic OH excluding ortho intramolecular Hbond substituents is 1. The van der Waals surface area contributed by atoms with Gasteiger partial charge >= 0.3 is 0 Å². The lowest BCUT2D eigenvalue weighted by Crippen LogP contribution is -2.46. The number of amides is 2. The lowest BCUT2D eigenvalue weighted by atomic mass is 10.0. The third-order valence-electron chi connectivity index (χ3n) is 4.11. The molecule has 0 aliphatic carbocycles. The molecule has 0 saturated heterocycles. The second-order valence-corrected chi connectivity index (χ2v) is 7.49. The first-order valence-electron chi connectivity index (χ1n) is 9.65. The van der Waals surface area contributed by atoms with Crippen LogP contribution in [0.4, 0.5) is 0 Å². The van der Waals surface area contributed by atoms with Crippen molar-refractivity contribution < 1.29 is 19.4 Å². The summed E-state index contributed by atoms with van der Waals surface area (Å²) in [7, 11) is 0. The van der Waals surface area contributed by atoms with E-state index in [4.69, 9.17) is 16.3 Å². The van der Waals surface area contributed by atoms with Crippen molar-refractivity contribution in [2.24, 2.45) is 11.0 Å². The first-order valence-corrected chi connectivity index (χ1v) is 10.0. The van der Waals surface area contributed by atoms with E-state index < -0.39 is 11.9 Å². The van der Waals surface area contributed by atoms with Gasteiger partial charge in [0.15, 0.2) is 11.5 Å². The van der Waals surface area contributed by atoms with E-state index in [9.17, 15) is 14.7 Å². The highest BCUT2D eigenvalue weighted by atomic mass is 35.5. The smallest absolute Gasteiger partial charge is 0.262 e. The average molecular weight is 432 g/mol. The Morgan fingerprint density at radius 3 is 2.53 bits per heavy atom. The number of nitrogens with one attached hydrogen (secondary N) is 2. The molecule has 160 valence electrons. The van der Waals surface area contributed by atoms with E-state index in [0.29, 0.717) is 34.9 Å². The van der Waals surface area contributed by atoms with Crippen molar-refractivity contribution in [3.8, 4) is 11.5 Å². The number of benzene rings is 2. The van der Waals surface area contributed by atoms with Gasteiger partial charge in [0.1, 0.15) is 6.04 Å². The molecule has 1 unspecified atom stereocenters. The van der Waals surface area contributed by atoms with Gasteiger partial charge in [0.2, 0.25) is 0 Å². The Balaban J connectivity index is 2.04. The summed E-state index contributed by atoms with van der Waals surface area (Å²) in [5, 5.41) is 17.0. The summed E-state index contributed by atoms with van der Waals surface area (Å²) >= 11 is 5.85. The molecule has 0 aromatic heterocycles. The number of halogens is 1. The average Bonchev–Trinajstić information content (AvgIpc) is 2.70. The van der Waals surface area contributed by atoms with Crippen LogP contribution in [0.15, 0.2) is 47.6 Å². The minimum Gasteiger partial charge on any atom is -0.504 e. The van der Waals surface area contributed by atoms with Crippen molar-refractivity contribution >= 4 is 29.6 Å². The van der Waals surface area contributed by atoms with Crippen LogP contribution in [-0.2, 0) is 4.79 Å². The van der Waals surface area contributed by atoms with E-state index >= 15 is 0 Å². The molecule has 0 aliphatic heterocycles. The molecular formula is C22H26ClN3O4. The number of carbonyl (C=O) groups excluding carboxylic acids is 2. The summed E-state index contributed by atoms with van der Waals surface area (Å²) in [6.45, 7) is 6.15. The molecule has 0 heterocycles. The molecule has 2 amide bonds. The van der Waals surface area contributed by atoms with Gasteiger partial charge in [-0.2, -0.15) is 5.10 Å². The normalized spacial score (nSPS) is 12.0. The van der Waals surface area contributed by atoms with Gasteiger partial charge in [-0.15, -0.1) is 0 Å². The van der Waals surface area contributed by atoms with Gasteiger partial charge in [-0.1, -0.05) is 25.4 Å². The van der Waals surface area contributed by atoms with Crippen molar-refractivity contribution in [3.63, 3.8) is 0 Å². The molecule has 2 aromatic carbocycles. The summed E-state index contributed by atoms with van der Waals surface area (Å²) in [5.41, 5.74) is 3.51. The number of phenols is 1. The van der Waals surface area contributed by atoms with Gasteiger partial charge < -0.3 is 15.2 Å². The van der Waals surface area contributed by atoms with E-state index in [2.05, 4.69) is 15.8 Å². The summed E-state index contributed by atoms with van der Waals surface area (Å²) in [5.74, 6) is -0.246. The number of hydrazone groups is 1. The number of aromatic hydroxyl groups is 1. The standard InChI is InChI=1S/C22H26ClN3O4/c1-4-30-20-12-15(5-10-19(20)27)13-24-26-22(29)18(11-14(2)3)25-21(28)16-6-8-17(23)9-7-16/h5-10,12-14,18,27H,4,11H2,1-3H3,(H,25,28)(H,26,29)/b24-13+. The Bertz CT molecular complexity index is 898. The van der Waals surface area contributed by atoms with E-state index in [0.717, 1.165) is 0 Å². The molecule has 7 nitrogen and oxygen atoms in total. The van der Waals surface area contributed by atoms with E-state index in [1.807, 2.05) is 20.8 Å². The molecule has 30 heavy (non-hydrogen) atoms. The fourth-order valence-corrected chi connectivity index (χ4v) is 2.80. The molecule has 1 atom stereocenters. The molecule has 2 rings (SSSR count). The topological polar surface area (TPSA) is 100 Å². The highest BCUT2D eigenvalue weighted by Gasteiger charge is 2.22. The monoisotopic (exact) mass is 431 g/mol. The zero-order valence-electron chi connectivity index (χ0n) is 17.2. The molecular weight excluding hydrogens is 406 g/mol. The van der Waals surface area contributed by atoms with Gasteiger partial charge in [0, 0.05) is 10.6 Å². The van der Waals surface area contributed by atoms with Crippen LogP contribution in [0.5, 0.6) is 11.5 Å². The van der Waals surface area contributed by atoms with Gasteiger partial charge in [-0.05, 0) is 67.3 Å². The Labute approximate surface area is 181 Å². The highest BCUT2D eigenvalue weighted by Crippen LogP contribution is 2.26. The van der Waals surface area contributed by atoms with Gasteiger partial charge in [0.25, 0.3) is 11.8 Å². The second-order valence-electron chi connectivity index (χ2n) is 7.06. The molecule has 3 N–H and O–H groups in total. The van der Waals surface area contributed by atoms with Crippen LogP contribution in [0.3, 0.4) is 0 Å². The van der Waals surface area contributed by atoms with E-state index in [1.165, 1.54) is 12.3 Å². The van der Waals surface area contributed by atoms with Crippen LogP contribution in [0, 0.1) is 5.92 Å². The van der Waals surface area contributed by atoms with Gasteiger partial charge in [0.05, 0.1) is 12.8 Å². The Kier molecular flexibility index (Phi) is 8.68. The number of carbonyl (C=O) groups is 2. The minimum absolute atomic E-state index is 0.0277. The number of hydrogen-bond acceptors (Lipinski definition) is 5. The first-order chi connectivity index (χ1) is 14.3. The maximum Gasteiger partial charge on any atom is 0.262 e. The van der Waals surface area contributed by atoms with Crippen LogP contribution >= 0.6 is 11.6 Å². The van der Waals surface area contributed by atoms with Crippen molar-refractivity contribution in [2.45, 2.75) is 33.2 Å². The van der Waals surface area contributed by atoms with Crippen LogP contribution in [0.1, 0.15) is 43.1 Å². The Hall–Kier alpha value is -3.06. The van der Waals surface area contributed by atoms with Crippen LogP contribution in [0.2, 0.25) is 5.02 Å². The summed E-state index contributed by atoms with van der Waals surface area (Å²) in [6.07, 6.45) is 1.89. The number of nitrogens with zero attached hydrogens (tertiary/aromatic N) is 1. The predicted octanol–water partition coefficient (Wildman–Crippen LogP) is 3.74. The molecule has 0 saturated carbocycles. The molecule has 8 heteroatoms. The van der Waals surface area contributed by atoms with Crippen molar-refractivity contribution in [1.29, 1.82) is 0 Å². The first kappa shape index (κ1) is 23.2. The summed E-state index contributed by atoms with van der Waals surface area (Å²) in [6, 6.07) is 10.4. The number of hydrogen-bond donors (Lipinski definition) is 3. The van der Waals surface area contributed by atoms with E-state index in [-0.39, 0.29) is 17.6 Å². The fourth-order valence-electron chi connectivity index (χ4n) is 2.68. The van der Waals surface area contributed by atoms with Crippen LogP contribution in [0.25, 0.3) is 0 Å². The SMILES string of the molecule is CCOc1cc(/C=N/NC(=O)C(CC(C)C)NC(=O)c2ccc(Cl)cc2)ccc1O. The van der Waals surface area contributed by atoms with Crippen LogP contribution < -0.4 is 15.5 Å². The minimum atomic E-state index is -0.746. The van der Waals surface area contributed by atoms with Crippen molar-refractivity contribution in [3.05, 3.63) is 58.6 Å². The number of rotatable bonds is 9. The molecule has 0 bridgehead atoms. The maximum absolute atomic E-state index is 12.6. The van der Waals surface area contributed by atoms with Crippen LogP contribution in [-0.4, -0.2) is 35.8 Å². The van der Waals surface area contributed by atoms with E-state index in [1.54, 1.807) is 36.4 Å². The molecule has 2 aromatic rings. The molecule has 0 radical (unpaired) electrons. The maximum atomic E-state index is 12.6. The Morgan fingerprint density at radius 2 is 1.90 bits per heavy atom. The lowest BCUT2D eigenvalue weighted by molar-refractivity contribution is -0.123. The van der Waals surface area contributed by atoms with Crippen molar-refractivity contribution in [1.82, 2.24) is 10.7 Å². The summed E-state index contributed by atoms with van der Waals surface area (Å²) < 4.78 is 5.33. The largest absolute Gasteiger partial charge is 0.504 e. The Morgan fingerprint density at radius 1 is 1.20 bits per heavy atom. The zero-order valence-corrected chi connectivity index (χ0v) is 17.9. The van der Waals surface area contributed by atoms with Gasteiger partial charge in [-0.3, -0.25) is 9.59 Å². The zero-order chi connectivity index (χ0) is 22.1. The molecule has 0 aliphatic rings. The molecule has 0 spiro atoms. The highest BCUT2D eigenvalue weighted by molar-refractivity contribution is 6.30. The second kappa shape index (κ2) is 11.2. The van der Waals surface area contributed by atoms with Gasteiger partial charge in [-0.25, -0.2) is 5.43 Å². The number of ether oxygens (including phenoxy) is 1. The van der Waals surface area contributed by atoms with Crippen molar-refractivity contribution in [2.75, 3.05) is 6.61 Å². The molecule has 0 fully saturated rings. The lowest BCUT2D eigenvalue weighted by Gasteiger charge is -2.19. The third kappa shape index (κ3) is 7.08. The third-order valence-corrected chi connectivity index (χ3v) is 4.36. The summed E-state index contributed by atoms with van der Waals surface area (Å²) in [4.78, 5) is 25.1. The quantitative estimate of drug-likeness (QED) is 0.416.